The van der Waals surface area contributed by atoms with Crippen LogP contribution in [0, 0.1) is 17.0 Å². The zero-order valence-corrected chi connectivity index (χ0v) is 17.3. The van der Waals surface area contributed by atoms with Crippen molar-refractivity contribution in [2.75, 3.05) is 36.9 Å². The van der Waals surface area contributed by atoms with Crippen molar-refractivity contribution in [3.8, 4) is 0 Å². The monoisotopic (exact) mass is 410 g/mol. The molecule has 0 unspecified atom stereocenters. The normalized spacial score (nSPS) is 13.6. The summed E-state index contributed by atoms with van der Waals surface area (Å²) in [7, 11) is 1.50. The van der Waals surface area contributed by atoms with Gasteiger partial charge in [-0.25, -0.2) is 0 Å². The van der Waals surface area contributed by atoms with Gasteiger partial charge >= 0.3 is 0 Å². The van der Waals surface area contributed by atoms with Gasteiger partial charge in [0.15, 0.2) is 0 Å². The van der Waals surface area contributed by atoms with Crippen LogP contribution < -0.4 is 10.2 Å². The zero-order chi connectivity index (χ0) is 21.7. The minimum atomic E-state index is -0.454. The summed E-state index contributed by atoms with van der Waals surface area (Å²) < 4.78 is 0. The molecule has 1 aliphatic heterocycles. The lowest BCUT2D eigenvalue weighted by molar-refractivity contribution is -0.384. The Bertz CT molecular complexity index is 937. The Morgan fingerprint density at radius 1 is 1.10 bits per heavy atom. The number of nitrogens with one attached hydrogen (secondary N) is 1. The van der Waals surface area contributed by atoms with Gasteiger partial charge < -0.3 is 15.1 Å². The van der Waals surface area contributed by atoms with Crippen LogP contribution in [0.3, 0.4) is 0 Å². The minimum absolute atomic E-state index is 0.0831. The third-order valence-electron chi connectivity index (χ3n) is 5.18. The van der Waals surface area contributed by atoms with E-state index in [2.05, 4.69) is 5.32 Å². The molecule has 158 valence electrons. The molecule has 0 aromatic heterocycles. The summed E-state index contributed by atoms with van der Waals surface area (Å²) >= 11 is 0. The molecule has 2 amide bonds. The summed E-state index contributed by atoms with van der Waals surface area (Å²) in [5.41, 5.74) is 2.37. The standard InChI is InChI=1S/C22H26N4O4/c1-16-6-9-18(10-7-16)23-21(27)15-24(2)22(28)17-8-11-19(20(14-17)26(29)30)25-12-4-3-5-13-25/h6-11,14H,3-5,12-13,15H2,1-2H3,(H,23,27). The molecular formula is C22H26N4O4. The van der Waals surface area contributed by atoms with E-state index < -0.39 is 10.8 Å². The number of likely N-dealkylation sites (N-methyl/N-ethyl adjacent to an activating group) is 1. The second-order valence-corrected chi connectivity index (χ2v) is 7.58. The largest absolute Gasteiger partial charge is 0.366 e. The zero-order valence-electron chi connectivity index (χ0n) is 17.3. The number of hydrogen-bond acceptors (Lipinski definition) is 5. The van der Waals surface area contributed by atoms with Crippen LogP contribution in [0.2, 0.25) is 0 Å². The molecule has 0 atom stereocenters. The van der Waals surface area contributed by atoms with Crippen molar-refractivity contribution in [3.05, 3.63) is 63.7 Å². The Morgan fingerprint density at radius 2 is 1.77 bits per heavy atom. The lowest BCUT2D eigenvalue weighted by Crippen LogP contribution is -2.35. The van der Waals surface area contributed by atoms with E-state index in [9.17, 15) is 19.7 Å². The first-order valence-corrected chi connectivity index (χ1v) is 10.0. The topological polar surface area (TPSA) is 95.8 Å². The molecule has 0 aliphatic carbocycles. The van der Waals surface area contributed by atoms with Crippen molar-refractivity contribution < 1.29 is 14.5 Å². The molecule has 0 spiro atoms. The van der Waals surface area contributed by atoms with Gasteiger partial charge in [0.25, 0.3) is 11.6 Å². The Morgan fingerprint density at radius 3 is 2.40 bits per heavy atom. The molecule has 2 aromatic rings. The van der Waals surface area contributed by atoms with Gasteiger partial charge in [0.1, 0.15) is 5.69 Å². The molecule has 1 fully saturated rings. The highest BCUT2D eigenvalue weighted by molar-refractivity contribution is 6.00. The van der Waals surface area contributed by atoms with Crippen molar-refractivity contribution in [1.29, 1.82) is 0 Å². The number of anilines is 2. The summed E-state index contributed by atoms with van der Waals surface area (Å²) in [6.45, 7) is 3.34. The summed E-state index contributed by atoms with van der Waals surface area (Å²) in [6, 6.07) is 11.9. The van der Waals surface area contributed by atoms with Crippen LogP contribution in [-0.4, -0.2) is 48.3 Å². The van der Waals surface area contributed by atoms with Crippen LogP contribution in [0.5, 0.6) is 0 Å². The molecule has 3 rings (SSSR count). The second-order valence-electron chi connectivity index (χ2n) is 7.58. The number of nitro benzene ring substituents is 1. The van der Waals surface area contributed by atoms with Crippen molar-refractivity contribution >= 4 is 28.9 Å². The van der Waals surface area contributed by atoms with Crippen LogP contribution in [0.1, 0.15) is 35.2 Å². The van der Waals surface area contributed by atoms with Crippen LogP contribution >= 0.6 is 0 Å². The van der Waals surface area contributed by atoms with Gasteiger partial charge in [-0.2, -0.15) is 0 Å². The molecular weight excluding hydrogens is 384 g/mol. The number of aryl methyl sites for hydroxylation is 1. The Labute approximate surface area is 175 Å². The molecule has 0 saturated carbocycles. The van der Waals surface area contributed by atoms with Gasteiger partial charge in [0.2, 0.25) is 5.91 Å². The quantitative estimate of drug-likeness (QED) is 0.580. The highest BCUT2D eigenvalue weighted by Crippen LogP contribution is 2.31. The van der Waals surface area contributed by atoms with Crippen LogP contribution in [0.25, 0.3) is 0 Å². The number of carbonyl (C=O) groups excluding carboxylic acids is 2. The van der Waals surface area contributed by atoms with Gasteiger partial charge in [0, 0.05) is 37.5 Å². The molecule has 30 heavy (non-hydrogen) atoms. The van der Waals surface area contributed by atoms with Crippen LogP contribution in [-0.2, 0) is 4.79 Å². The second kappa shape index (κ2) is 9.39. The first-order valence-electron chi connectivity index (χ1n) is 10.0. The van der Waals surface area contributed by atoms with Crippen LogP contribution in [0.4, 0.5) is 17.1 Å². The van der Waals surface area contributed by atoms with Gasteiger partial charge in [-0.1, -0.05) is 17.7 Å². The summed E-state index contributed by atoms with van der Waals surface area (Å²) in [5.74, 6) is -0.781. The van der Waals surface area contributed by atoms with Gasteiger partial charge in [-0.15, -0.1) is 0 Å². The highest BCUT2D eigenvalue weighted by atomic mass is 16.6. The number of rotatable bonds is 6. The maximum absolute atomic E-state index is 12.7. The lowest BCUT2D eigenvalue weighted by atomic mass is 10.1. The molecule has 1 N–H and O–H groups in total. The number of hydrogen-bond donors (Lipinski definition) is 1. The maximum Gasteiger partial charge on any atom is 0.293 e. The molecule has 0 radical (unpaired) electrons. The van der Waals surface area contributed by atoms with E-state index in [1.54, 1.807) is 24.3 Å². The average molecular weight is 410 g/mol. The first-order chi connectivity index (χ1) is 14.3. The molecule has 1 saturated heterocycles. The molecule has 1 heterocycles. The Balaban J connectivity index is 1.70. The SMILES string of the molecule is Cc1ccc(NC(=O)CN(C)C(=O)c2ccc(N3CCCCC3)c([N+](=O)[O-])c2)cc1. The number of piperidine rings is 1. The fourth-order valence-corrected chi connectivity index (χ4v) is 3.55. The van der Waals surface area contributed by atoms with Gasteiger partial charge in [-0.05, 0) is 50.5 Å². The third kappa shape index (κ3) is 5.14. The van der Waals surface area contributed by atoms with Crippen molar-refractivity contribution in [1.82, 2.24) is 4.90 Å². The maximum atomic E-state index is 12.7. The van der Waals surface area contributed by atoms with Crippen molar-refractivity contribution in [3.63, 3.8) is 0 Å². The third-order valence-corrected chi connectivity index (χ3v) is 5.18. The summed E-state index contributed by atoms with van der Waals surface area (Å²) in [6.07, 6.45) is 3.11. The van der Waals surface area contributed by atoms with E-state index in [4.69, 9.17) is 0 Å². The van der Waals surface area contributed by atoms with Crippen LogP contribution in [0.15, 0.2) is 42.5 Å². The number of carbonyl (C=O) groups is 2. The summed E-state index contributed by atoms with van der Waals surface area (Å²) in [4.78, 5) is 39.4. The Hall–Kier alpha value is -3.42. The number of nitro groups is 1. The van der Waals surface area contributed by atoms with E-state index >= 15 is 0 Å². The molecule has 8 nitrogen and oxygen atoms in total. The fraction of sp³-hybridized carbons (Fsp3) is 0.364. The fourth-order valence-electron chi connectivity index (χ4n) is 3.55. The highest BCUT2D eigenvalue weighted by Gasteiger charge is 2.24. The van der Waals surface area contributed by atoms with Crippen molar-refractivity contribution in [2.45, 2.75) is 26.2 Å². The summed E-state index contributed by atoms with van der Waals surface area (Å²) in [5, 5.41) is 14.3. The van der Waals surface area contributed by atoms with E-state index in [1.807, 2.05) is 24.0 Å². The number of nitrogens with zero attached hydrogens (tertiary/aromatic N) is 3. The van der Waals surface area contributed by atoms with Crippen molar-refractivity contribution in [2.24, 2.45) is 0 Å². The molecule has 8 heteroatoms. The lowest BCUT2D eigenvalue weighted by Gasteiger charge is -2.28. The molecule has 2 aromatic carbocycles. The van der Waals surface area contributed by atoms with E-state index in [0.29, 0.717) is 11.4 Å². The van der Waals surface area contributed by atoms with E-state index in [1.165, 1.54) is 18.0 Å². The number of benzene rings is 2. The predicted molar refractivity (Wildman–Crippen MR) is 116 cm³/mol. The van der Waals surface area contributed by atoms with Gasteiger partial charge in [-0.3, -0.25) is 19.7 Å². The van der Waals surface area contributed by atoms with E-state index in [0.717, 1.165) is 37.9 Å². The average Bonchev–Trinajstić information content (AvgIpc) is 2.75. The number of amides is 2. The molecule has 1 aliphatic rings. The van der Waals surface area contributed by atoms with Gasteiger partial charge in [0.05, 0.1) is 11.5 Å². The first kappa shape index (κ1) is 21.3. The predicted octanol–water partition coefficient (Wildman–Crippen LogP) is 3.60. The van der Waals surface area contributed by atoms with E-state index in [-0.39, 0.29) is 23.7 Å². The smallest absolute Gasteiger partial charge is 0.293 e. The molecule has 0 bridgehead atoms. The Kier molecular flexibility index (Phi) is 6.66. The minimum Gasteiger partial charge on any atom is -0.366 e.